The molecular formula is C2H7N3. The molecule has 0 bridgehead atoms. The number of hydrogen-bond acceptors (Lipinski definition) is 3. The van der Waals surface area contributed by atoms with Crippen molar-refractivity contribution < 1.29 is 0 Å². The molecule has 0 unspecified atom stereocenters. The standard InChI is InChI=1S/C2H7N3/c1-2(3)5-4/h5H,1,3-4H2. The highest BCUT2D eigenvalue weighted by Gasteiger charge is 1.62. The van der Waals surface area contributed by atoms with Crippen LogP contribution in [0.15, 0.2) is 12.4 Å². The molecule has 0 saturated carbocycles. The van der Waals surface area contributed by atoms with Crippen LogP contribution in [0.1, 0.15) is 0 Å². The molecule has 0 amide bonds. The summed E-state index contributed by atoms with van der Waals surface area (Å²) in [5, 5.41) is 0. The van der Waals surface area contributed by atoms with Crippen LogP contribution in [0, 0.1) is 0 Å². The van der Waals surface area contributed by atoms with Crippen LogP contribution in [0.25, 0.3) is 0 Å². The fourth-order valence-electron chi connectivity index (χ4n) is 0. The van der Waals surface area contributed by atoms with Crippen molar-refractivity contribution in [3.05, 3.63) is 12.4 Å². The third-order valence-electron chi connectivity index (χ3n) is 0.185. The zero-order valence-electron chi connectivity index (χ0n) is 2.86. The molecule has 3 nitrogen and oxygen atoms in total. The molecule has 0 rings (SSSR count). The Morgan fingerprint density at radius 1 is 1.80 bits per heavy atom. The molecule has 0 aliphatic carbocycles. The molecule has 0 heterocycles. The molecule has 0 atom stereocenters. The molecule has 3 heteroatoms. The van der Waals surface area contributed by atoms with Crippen LogP contribution < -0.4 is 17.0 Å². The first-order valence-corrected chi connectivity index (χ1v) is 1.18. The Kier molecular flexibility index (Phi) is 1.38. The number of rotatable bonds is 1. The van der Waals surface area contributed by atoms with Gasteiger partial charge in [-0.15, -0.1) is 0 Å². The third kappa shape index (κ3) is 3.30. The van der Waals surface area contributed by atoms with E-state index in [1.807, 2.05) is 0 Å². The second-order valence-corrected chi connectivity index (χ2v) is 0.670. The molecule has 0 aromatic carbocycles. The maximum absolute atomic E-state index is 4.86. The first-order chi connectivity index (χ1) is 2.27. The lowest BCUT2D eigenvalue weighted by molar-refractivity contribution is 0.875. The zero-order valence-corrected chi connectivity index (χ0v) is 2.86. The first-order valence-electron chi connectivity index (χ1n) is 1.18. The Morgan fingerprint density at radius 2 is 2.00 bits per heavy atom. The van der Waals surface area contributed by atoms with E-state index in [0.717, 1.165) is 0 Å². The van der Waals surface area contributed by atoms with Gasteiger partial charge in [0.1, 0.15) is 5.82 Å². The Balaban J connectivity index is 2.85. The Hall–Kier alpha value is -0.700. The van der Waals surface area contributed by atoms with Gasteiger partial charge >= 0.3 is 0 Å². The molecule has 0 saturated heterocycles. The molecule has 0 fully saturated rings. The van der Waals surface area contributed by atoms with Crippen molar-refractivity contribution in [2.75, 3.05) is 0 Å². The van der Waals surface area contributed by atoms with E-state index in [2.05, 4.69) is 12.0 Å². The van der Waals surface area contributed by atoms with Crippen molar-refractivity contribution in [1.82, 2.24) is 5.43 Å². The molecule has 0 aromatic heterocycles. The topological polar surface area (TPSA) is 64.1 Å². The van der Waals surface area contributed by atoms with E-state index in [1.165, 1.54) is 0 Å². The minimum atomic E-state index is 0.282. The van der Waals surface area contributed by atoms with Gasteiger partial charge in [0.2, 0.25) is 0 Å². The number of hydrazine groups is 1. The van der Waals surface area contributed by atoms with E-state index in [9.17, 15) is 0 Å². The fourth-order valence-corrected chi connectivity index (χ4v) is 0. The summed E-state index contributed by atoms with van der Waals surface area (Å²) in [6.07, 6.45) is 0. The van der Waals surface area contributed by atoms with Gasteiger partial charge in [0, 0.05) is 0 Å². The van der Waals surface area contributed by atoms with Crippen LogP contribution in [-0.4, -0.2) is 0 Å². The van der Waals surface area contributed by atoms with Gasteiger partial charge in [-0.3, -0.25) is 0 Å². The third-order valence-corrected chi connectivity index (χ3v) is 0.185. The lowest BCUT2D eigenvalue weighted by atomic mass is 10.9. The largest absolute Gasteiger partial charge is 0.385 e. The number of hydrogen-bond donors (Lipinski definition) is 3. The first kappa shape index (κ1) is 4.30. The van der Waals surface area contributed by atoms with Crippen LogP contribution in [-0.2, 0) is 0 Å². The van der Waals surface area contributed by atoms with Crippen LogP contribution in [0.4, 0.5) is 0 Å². The van der Waals surface area contributed by atoms with Crippen molar-refractivity contribution in [2.45, 2.75) is 0 Å². The number of nitrogens with one attached hydrogen (secondary N) is 1. The molecule has 0 aliphatic rings. The maximum Gasteiger partial charge on any atom is 0.103 e. The smallest absolute Gasteiger partial charge is 0.103 e. The predicted octanol–water partition coefficient (Wildman–Crippen LogP) is -1.12. The van der Waals surface area contributed by atoms with Crippen LogP contribution in [0.3, 0.4) is 0 Å². The van der Waals surface area contributed by atoms with Crippen molar-refractivity contribution >= 4 is 0 Å². The molecule has 0 aromatic rings. The van der Waals surface area contributed by atoms with E-state index in [4.69, 9.17) is 11.6 Å². The van der Waals surface area contributed by atoms with Gasteiger partial charge in [0.25, 0.3) is 0 Å². The van der Waals surface area contributed by atoms with Crippen LogP contribution >= 0.6 is 0 Å². The van der Waals surface area contributed by atoms with E-state index in [-0.39, 0.29) is 5.82 Å². The highest BCUT2D eigenvalue weighted by molar-refractivity contribution is 4.77. The lowest BCUT2D eigenvalue weighted by Crippen LogP contribution is -2.25. The quantitative estimate of drug-likeness (QED) is 0.272. The molecule has 0 aliphatic heterocycles. The van der Waals surface area contributed by atoms with Crippen LogP contribution in [0.2, 0.25) is 0 Å². The Bertz CT molecular complexity index is 40.2. The SMILES string of the molecule is C=C(N)NN. The summed E-state index contributed by atoms with van der Waals surface area (Å²) in [6, 6.07) is 0. The van der Waals surface area contributed by atoms with Crippen LogP contribution in [0.5, 0.6) is 0 Å². The zero-order chi connectivity index (χ0) is 4.28. The van der Waals surface area contributed by atoms with Crippen molar-refractivity contribution in [3.8, 4) is 0 Å². The van der Waals surface area contributed by atoms with Gasteiger partial charge in [-0.25, -0.2) is 5.84 Å². The summed E-state index contributed by atoms with van der Waals surface area (Å²) in [6.45, 7) is 3.22. The lowest BCUT2D eigenvalue weighted by Gasteiger charge is -1.88. The fraction of sp³-hybridized carbons (Fsp3) is 0. The molecule has 0 radical (unpaired) electrons. The molecule has 0 spiro atoms. The van der Waals surface area contributed by atoms with Gasteiger partial charge in [-0.1, -0.05) is 6.58 Å². The minimum Gasteiger partial charge on any atom is -0.385 e. The molecule has 30 valence electrons. The van der Waals surface area contributed by atoms with Gasteiger partial charge < -0.3 is 11.2 Å². The van der Waals surface area contributed by atoms with E-state index >= 15 is 0 Å². The minimum absolute atomic E-state index is 0.282. The summed E-state index contributed by atoms with van der Waals surface area (Å²) >= 11 is 0. The predicted molar refractivity (Wildman–Crippen MR) is 20.7 cm³/mol. The van der Waals surface area contributed by atoms with E-state index in [1.54, 1.807) is 0 Å². The molecule has 5 heavy (non-hydrogen) atoms. The maximum atomic E-state index is 4.86. The Labute approximate surface area is 30.6 Å². The number of nitrogens with two attached hydrogens (primary N) is 2. The Morgan fingerprint density at radius 3 is 2.00 bits per heavy atom. The highest BCUT2D eigenvalue weighted by atomic mass is 15.3. The average Bonchev–Trinajstić information content (AvgIpc) is 1.38. The highest BCUT2D eigenvalue weighted by Crippen LogP contribution is 1.49. The van der Waals surface area contributed by atoms with Crippen molar-refractivity contribution in [3.63, 3.8) is 0 Å². The summed E-state index contributed by atoms with van der Waals surface area (Å²) in [4.78, 5) is 0. The monoisotopic (exact) mass is 73.1 g/mol. The molecular weight excluding hydrogens is 66.0 g/mol. The summed E-state index contributed by atoms with van der Waals surface area (Å²) in [5.74, 6) is 4.98. The van der Waals surface area contributed by atoms with Crippen molar-refractivity contribution in [1.29, 1.82) is 0 Å². The van der Waals surface area contributed by atoms with Gasteiger partial charge in [-0.2, -0.15) is 0 Å². The normalized spacial score (nSPS) is 6.60. The summed E-state index contributed by atoms with van der Waals surface area (Å²) in [7, 11) is 0. The summed E-state index contributed by atoms with van der Waals surface area (Å²) in [5.41, 5.74) is 6.97. The van der Waals surface area contributed by atoms with E-state index in [0.29, 0.717) is 0 Å². The van der Waals surface area contributed by atoms with Crippen molar-refractivity contribution in [2.24, 2.45) is 11.6 Å². The van der Waals surface area contributed by atoms with Gasteiger partial charge in [0.15, 0.2) is 0 Å². The second kappa shape index (κ2) is 1.60. The van der Waals surface area contributed by atoms with Gasteiger partial charge in [0.05, 0.1) is 0 Å². The van der Waals surface area contributed by atoms with E-state index < -0.39 is 0 Å². The average molecular weight is 73.1 g/mol. The summed E-state index contributed by atoms with van der Waals surface area (Å²) < 4.78 is 0. The molecule has 5 N–H and O–H groups in total. The van der Waals surface area contributed by atoms with Gasteiger partial charge in [-0.05, 0) is 0 Å². The second-order valence-electron chi connectivity index (χ2n) is 0.670.